The largest absolute Gasteiger partial charge is 0.383 e. The minimum Gasteiger partial charge on any atom is -0.383 e. The number of anilines is 2. The Labute approximate surface area is 127 Å². The summed E-state index contributed by atoms with van der Waals surface area (Å²) in [4.78, 5) is 14.2. The van der Waals surface area contributed by atoms with Gasteiger partial charge in [-0.05, 0) is 25.7 Å². The Kier molecular flexibility index (Phi) is 4.02. The van der Waals surface area contributed by atoms with E-state index in [0.29, 0.717) is 11.7 Å². The molecule has 1 aliphatic carbocycles. The Morgan fingerprint density at radius 1 is 1.14 bits per heavy atom. The Balaban J connectivity index is 1.72. The molecule has 0 spiro atoms. The molecular weight excluding hydrogens is 262 g/mol. The number of hydrogen-bond donors (Lipinski definition) is 1. The van der Waals surface area contributed by atoms with Gasteiger partial charge in [0.15, 0.2) is 0 Å². The van der Waals surface area contributed by atoms with E-state index in [4.69, 9.17) is 10.7 Å². The molecule has 5 nitrogen and oxygen atoms in total. The van der Waals surface area contributed by atoms with Gasteiger partial charge < -0.3 is 10.6 Å². The maximum absolute atomic E-state index is 6.10. The van der Waals surface area contributed by atoms with E-state index >= 15 is 0 Å². The maximum Gasteiger partial charge on any atom is 0.137 e. The summed E-state index contributed by atoms with van der Waals surface area (Å²) in [6.45, 7) is 12.1. The molecule has 1 saturated carbocycles. The zero-order valence-corrected chi connectivity index (χ0v) is 13.5. The molecule has 1 aromatic heterocycles. The van der Waals surface area contributed by atoms with Gasteiger partial charge in [-0.1, -0.05) is 13.8 Å². The van der Waals surface area contributed by atoms with Crippen molar-refractivity contribution >= 4 is 11.6 Å². The summed E-state index contributed by atoms with van der Waals surface area (Å²) in [5.41, 5.74) is 7.14. The van der Waals surface area contributed by atoms with Crippen molar-refractivity contribution < 1.29 is 0 Å². The highest BCUT2D eigenvalue weighted by molar-refractivity contribution is 5.57. The minimum absolute atomic E-state index is 0.550. The summed E-state index contributed by atoms with van der Waals surface area (Å²) in [5.74, 6) is 3.96. The van der Waals surface area contributed by atoms with E-state index in [1.807, 2.05) is 6.92 Å². The zero-order valence-electron chi connectivity index (χ0n) is 13.5. The van der Waals surface area contributed by atoms with Crippen LogP contribution in [0.5, 0.6) is 0 Å². The van der Waals surface area contributed by atoms with Crippen molar-refractivity contribution in [2.75, 3.05) is 43.4 Å². The van der Waals surface area contributed by atoms with Crippen LogP contribution in [0.1, 0.15) is 44.0 Å². The first kappa shape index (κ1) is 14.6. The molecule has 21 heavy (non-hydrogen) atoms. The zero-order chi connectivity index (χ0) is 15.0. The molecule has 0 aromatic carbocycles. The smallest absolute Gasteiger partial charge is 0.137 e. The molecule has 0 bridgehead atoms. The van der Waals surface area contributed by atoms with Gasteiger partial charge in [0.1, 0.15) is 17.5 Å². The first-order valence-corrected chi connectivity index (χ1v) is 8.16. The molecular formula is C16H27N5. The average Bonchev–Trinajstić information content (AvgIpc) is 3.26. The summed E-state index contributed by atoms with van der Waals surface area (Å²) < 4.78 is 0. The number of nitrogens with two attached hydrogens (primary N) is 1. The third-order valence-electron chi connectivity index (χ3n) is 4.41. The van der Waals surface area contributed by atoms with Gasteiger partial charge in [0.2, 0.25) is 0 Å². The Hall–Kier alpha value is -1.36. The monoisotopic (exact) mass is 289 g/mol. The van der Waals surface area contributed by atoms with E-state index in [9.17, 15) is 0 Å². The number of piperazine rings is 1. The molecule has 1 aromatic rings. The predicted octanol–water partition coefficient (Wildman–Crippen LogP) is 2.02. The molecule has 3 rings (SSSR count). The van der Waals surface area contributed by atoms with E-state index in [-0.39, 0.29) is 0 Å². The molecule has 2 heterocycles. The second-order valence-electron chi connectivity index (χ2n) is 6.87. The topological polar surface area (TPSA) is 58.3 Å². The quantitative estimate of drug-likeness (QED) is 0.919. The van der Waals surface area contributed by atoms with Crippen LogP contribution < -0.4 is 10.6 Å². The summed E-state index contributed by atoms with van der Waals surface area (Å²) in [6, 6.07) is 0. The average molecular weight is 289 g/mol. The second-order valence-corrected chi connectivity index (χ2v) is 6.87. The minimum atomic E-state index is 0.550. The van der Waals surface area contributed by atoms with E-state index in [2.05, 4.69) is 28.6 Å². The molecule has 0 amide bonds. The van der Waals surface area contributed by atoms with Gasteiger partial charge >= 0.3 is 0 Å². The van der Waals surface area contributed by atoms with Gasteiger partial charge in [-0.2, -0.15) is 0 Å². The lowest BCUT2D eigenvalue weighted by molar-refractivity contribution is 0.231. The summed E-state index contributed by atoms with van der Waals surface area (Å²) in [5, 5.41) is 0. The van der Waals surface area contributed by atoms with Crippen molar-refractivity contribution in [2.45, 2.75) is 39.5 Å². The van der Waals surface area contributed by atoms with Crippen LogP contribution in [0.25, 0.3) is 0 Å². The van der Waals surface area contributed by atoms with Gasteiger partial charge in [-0.15, -0.1) is 0 Å². The fraction of sp³-hybridized carbons (Fsp3) is 0.750. The van der Waals surface area contributed by atoms with Crippen molar-refractivity contribution in [2.24, 2.45) is 5.92 Å². The van der Waals surface area contributed by atoms with E-state index < -0.39 is 0 Å². The molecule has 5 heteroatoms. The maximum atomic E-state index is 6.10. The summed E-state index contributed by atoms with van der Waals surface area (Å²) in [7, 11) is 0. The Morgan fingerprint density at radius 3 is 2.38 bits per heavy atom. The third-order valence-corrected chi connectivity index (χ3v) is 4.41. The van der Waals surface area contributed by atoms with Crippen molar-refractivity contribution in [1.82, 2.24) is 14.9 Å². The van der Waals surface area contributed by atoms with Crippen LogP contribution in [-0.2, 0) is 0 Å². The highest BCUT2D eigenvalue weighted by Gasteiger charge is 2.29. The van der Waals surface area contributed by atoms with Crippen LogP contribution in [0.3, 0.4) is 0 Å². The number of nitrogens with zero attached hydrogens (tertiary/aromatic N) is 4. The molecule has 2 N–H and O–H groups in total. The molecule has 2 fully saturated rings. The second kappa shape index (κ2) is 5.79. The first-order chi connectivity index (χ1) is 10.0. The Morgan fingerprint density at radius 2 is 1.81 bits per heavy atom. The normalized spacial score (nSPS) is 20.3. The lowest BCUT2D eigenvalue weighted by Crippen LogP contribution is -2.48. The molecule has 1 aliphatic heterocycles. The SMILES string of the molecule is Cc1c(N)nc(C2CC2)nc1N1CCN(CC(C)C)CC1. The lowest BCUT2D eigenvalue weighted by atomic mass is 10.2. The van der Waals surface area contributed by atoms with Crippen molar-refractivity contribution in [3.8, 4) is 0 Å². The Bertz CT molecular complexity index is 502. The molecule has 2 aliphatic rings. The van der Waals surface area contributed by atoms with Crippen molar-refractivity contribution in [1.29, 1.82) is 0 Å². The van der Waals surface area contributed by atoms with Crippen LogP contribution in [-0.4, -0.2) is 47.6 Å². The van der Waals surface area contributed by atoms with Crippen LogP contribution in [0.4, 0.5) is 11.6 Å². The lowest BCUT2D eigenvalue weighted by Gasteiger charge is -2.36. The first-order valence-electron chi connectivity index (χ1n) is 8.16. The number of rotatable bonds is 4. The number of aromatic nitrogens is 2. The summed E-state index contributed by atoms with van der Waals surface area (Å²) in [6.07, 6.45) is 2.42. The van der Waals surface area contributed by atoms with Gasteiger partial charge in [-0.3, -0.25) is 4.90 Å². The van der Waals surface area contributed by atoms with Gasteiger partial charge in [0.25, 0.3) is 0 Å². The van der Waals surface area contributed by atoms with Crippen LogP contribution in [0, 0.1) is 12.8 Å². The number of hydrogen-bond acceptors (Lipinski definition) is 5. The van der Waals surface area contributed by atoms with Gasteiger partial charge in [-0.25, -0.2) is 9.97 Å². The van der Waals surface area contributed by atoms with Crippen LogP contribution in [0.15, 0.2) is 0 Å². The van der Waals surface area contributed by atoms with Gasteiger partial charge in [0, 0.05) is 44.2 Å². The fourth-order valence-corrected chi connectivity index (χ4v) is 3.03. The highest BCUT2D eigenvalue weighted by atomic mass is 15.3. The van der Waals surface area contributed by atoms with Crippen molar-refractivity contribution in [3.05, 3.63) is 11.4 Å². The molecule has 1 saturated heterocycles. The molecule has 0 atom stereocenters. The van der Waals surface area contributed by atoms with E-state index in [1.54, 1.807) is 0 Å². The van der Waals surface area contributed by atoms with E-state index in [1.165, 1.54) is 19.4 Å². The molecule has 0 unspecified atom stereocenters. The molecule has 0 radical (unpaired) electrons. The highest BCUT2D eigenvalue weighted by Crippen LogP contribution is 2.39. The van der Waals surface area contributed by atoms with Crippen LogP contribution >= 0.6 is 0 Å². The predicted molar refractivity (Wildman–Crippen MR) is 86.6 cm³/mol. The standard InChI is InChI=1S/C16H27N5/c1-11(2)10-20-6-8-21(9-7-20)16-12(3)14(17)18-15(19-16)13-4-5-13/h11,13H,4-10H2,1-3H3,(H2,17,18,19). The van der Waals surface area contributed by atoms with Crippen molar-refractivity contribution in [3.63, 3.8) is 0 Å². The summed E-state index contributed by atoms with van der Waals surface area (Å²) >= 11 is 0. The van der Waals surface area contributed by atoms with Crippen LogP contribution in [0.2, 0.25) is 0 Å². The fourth-order valence-electron chi connectivity index (χ4n) is 3.03. The van der Waals surface area contributed by atoms with E-state index in [0.717, 1.165) is 49.3 Å². The van der Waals surface area contributed by atoms with Gasteiger partial charge in [0.05, 0.1) is 0 Å². The molecule has 116 valence electrons. The number of nitrogen functional groups attached to an aromatic ring is 1. The third kappa shape index (κ3) is 3.28.